The van der Waals surface area contributed by atoms with E-state index in [0.29, 0.717) is 34.1 Å². The van der Waals surface area contributed by atoms with Gasteiger partial charge in [-0.05, 0) is 90.2 Å². The molecule has 0 spiro atoms. The van der Waals surface area contributed by atoms with Crippen LogP contribution in [-0.2, 0) is 16.1 Å². The first kappa shape index (κ1) is 36.1. The molecule has 1 aliphatic rings. The number of likely N-dealkylation sites (tertiary alicyclic amines) is 1. The first-order valence-electron chi connectivity index (χ1n) is 15.1. The van der Waals surface area contributed by atoms with Crippen molar-refractivity contribution < 1.29 is 18.8 Å². The number of Topliss-reactive ketones (excluding diaryl/α,β-unsaturated/α-hetero) is 1. The second-order valence-electron chi connectivity index (χ2n) is 11.1. The summed E-state index contributed by atoms with van der Waals surface area (Å²) in [5.41, 5.74) is 9.42. The molecule has 1 fully saturated rings. The summed E-state index contributed by atoms with van der Waals surface area (Å²) in [6.45, 7) is 16.2. The summed E-state index contributed by atoms with van der Waals surface area (Å²) in [7, 11) is 0. The number of allylic oxidation sites excluding steroid dienone is 2. The molecule has 2 heterocycles. The molecule has 1 aromatic heterocycles. The molecule has 10 heteroatoms. The van der Waals surface area contributed by atoms with Crippen LogP contribution in [0.15, 0.2) is 42.0 Å². The van der Waals surface area contributed by atoms with E-state index in [1.807, 2.05) is 13.0 Å². The zero-order chi connectivity index (χ0) is 32.1. The van der Waals surface area contributed by atoms with Crippen molar-refractivity contribution in [3.05, 3.63) is 69.4 Å². The van der Waals surface area contributed by atoms with E-state index in [1.165, 1.54) is 51.8 Å². The number of hydrogen-bond acceptors (Lipinski definition) is 7. The number of piperidine rings is 1. The summed E-state index contributed by atoms with van der Waals surface area (Å²) < 4.78 is 13.2. The maximum atomic E-state index is 13.2. The van der Waals surface area contributed by atoms with E-state index in [9.17, 15) is 18.8 Å². The van der Waals surface area contributed by atoms with Crippen LogP contribution in [0.4, 0.5) is 10.1 Å². The Bertz CT molecular complexity index is 1270. The van der Waals surface area contributed by atoms with E-state index < -0.39 is 11.6 Å². The fourth-order valence-electron chi connectivity index (χ4n) is 5.47. The number of nitrogens with two attached hydrogens (primary N) is 1. The number of ketones is 1. The highest BCUT2D eigenvalue weighted by molar-refractivity contribution is 6.32. The Kier molecular flexibility index (Phi) is 15.0. The molecule has 236 valence electrons. The molecule has 1 aliphatic heterocycles. The number of pyridine rings is 1. The molecule has 0 aliphatic carbocycles. The summed E-state index contributed by atoms with van der Waals surface area (Å²) >= 11 is 5.83. The molecular formula is C33H47ClFN5O3. The van der Waals surface area contributed by atoms with Gasteiger partial charge in [0.25, 0.3) is 5.78 Å². The van der Waals surface area contributed by atoms with Crippen LogP contribution >= 0.6 is 11.6 Å². The van der Waals surface area contributed by atoms with E-state index >= 15 is 0 Å². The van der Waals surface area contributed by atoms with Crippen LogP contribution in [0.3, 0.4) is 0 Å². The molecule has 0 radical (unpaired) electrons. The van der Waals surface area contributed by atoms with Crippen molar-refractivity contribution in [2.45, 2.75) is 92.3 Å². The summed E-state index contributed by atoms with van der Waals surface area (Å²) in [6.07, 6.45) is 7.50. The number of anilines is 1. The Morgan fingerprint density at radius 2 is 1.84 bits per heavy atom. The smallest absolute Gasteiger partial charge is 0.255 e. The van der Waals surface area contributed by atoms with Crippen LogP contribution in [0.1, 0.15) is 87.0 Å². The molecule has 3 N–H and O–H groups in total. The van der Waals surface area contributed by atoms with Gasteiger partial charge in [0.1, 0.15) is 0 Å². The predicted molar refractivity (Wildman–Crippen MR) is 172 cm³/mol. The molecule has 43 heavy (non-hydrogen) atoms. The van der Waals surface area contributed by atoms with Crippen molar-refractivity contribution in [2.75, 3.05) is 25.0 Å². The fraction of sp³-hybridized carbons (Fsp3) is 0.515. The zero-order valence-electron chi connectivity index (χ0n) is 26.4. The Hall–Kier alpha value is -3.14. The molecule has 1 saturated heterocycles. The number of hydrogen-bond donors (Lipinski definition) is 2. The number of nitrogens with one attached hydrogen (secondary N) is 1. The number of rotatable bonds is 13. The van der Waals surface area contributed by atoms with Crippen molar-refractivity contribution in [3.63, 3.8) is 0 Å². The van der Waals surface area contributed by atoms with Crippen molar-refractivity contribution in [1.82, 2.24) is 14.8 Å². The summed E-state index contributed by atoms with van der Waals surface area (Å²) in [5, 5.41) is 3.02. The molecule has 0 unspecified atom stereocenters. The van der Waals surface area contributed by atoms with Gasteiger partial charge in [-0.1, -0.05) is 50.1 Å². The van der Waals surface area contributed by atoms with E-state index in [1.54, 1.807) is 13.0 Å². The molecule has 0 bridgehead atoms. The number of benzene rings is 1. The minimum Gasteiger partial charge on any atom is -0.366 e. The first-order valence-corrected chi connectivity index (χ1v) is 15.5. The Balaban J connectivity index is 0.000000329. The number of nitrogens with zero attached hydrogens (tertiary/aromatic N) is 3. The lowest BCUT2D eigenvalue weighted by Crippen LogP contribution is -2.49. The third-order valence-electron chi connectivity index (χ3n) is 7.85. The van der Waals surface area contributed by atoms with Gasteiger partial charge in [-0.2, -0.15) is 0 Å². The molecule has 0 saturated carbocycles. The highest BCUT2D eigenvalue weighted by Crippen LogP contribution is 2.24. The number of aromatic nitrogens is 1. The molecule has 8 nitrogen and oxygen atoms in total. The Morgan fingerprint density at radius 3 is 2.37 bits per heavy atom. The number of amides is 1. The van der Waals surface area contributed by atoms with Gasteiger partial charge < -0.3 is 11.1 Å². The lowest BCUT2D eigenvalue weighted by Gasteiger charge is -2.42. The SMILES string of the molecule is C/C(Nc1cnc(C)c(Cl)c1)=C(/F)C(=O)C=O.CCCN(C(CC)CC)C1CCN(Cc2ccc(C)cc2C(N)=O)CC1. The summed E-state index contributed by atoms with van der Waals surface area (Å²) in [6, 6.07) is 9.02. The molecular weight excluding hydrogens is 569 g/mol. The molecule has 2 aromatic rings. The number of primary amides is 1. The lowest BCUT2D eigenvalue weighted by molar-refractivity contribution is -0.128. The van der Waals surface area contributed by atoms with Crippen molar-refractivity contribution in [3.8, 4) is 0 Å². The van der Waals surface area contributed by atoms with Crippen LogP contribution in [-0.4, -0.2) is 64.5 Å². The molecule has 1 aromatic carbocycles. The lowest BCUT2D eigenvalue weighted by atomic mass is 9.97. The zero-order valence-corrected chi connectivity index (χ0v) is 27.1. The Labute approximate surface area is 260 Å². The van der Waals surface area contributed by atoms with Gasteiger partial charge in [-0.25, -0.2) is 4.39 Å². The maximum Gasteiger partial charge on any atom is 0.255 e. The Morgan fingerprint density at radius 1 is 1.19 bits per heavy atom. The van der Waals surface area contributed by atoms with Gasteiger partial charge in [0.05, 0.1) is 28.3 Å². The number of carbonyl (C=O) groups is 3. The average Bonchev–Trinajstić information content (AvgIpc) is 2.99. The molecule has 0 atom stereocenters. The van der Waals surface area contributed by atoms with E-state index in [0.717, 1.165) is 30.8 Å². The van der Waals surface area contributed by atoms with Crippen LogP contribution in [0.2, 0.25) is 5.02 Å². The maximum absolute atomic E-state index is 13.2. The van der Waals surface area contributed by atoms with Crippen LogP contribution in [0.5, 0.6) is 0 Å². The van der Waals surface area contributed by atoms with E-state index in [4.69, 9.17) is 17.3 Å². The number of aldehydes is 1. The van der Waals surface area contributed by atoms with Gasteiger partial charge in [-0.3, -0.25) is 29.2 Å². The minimum atomic E-state index is -1.21. The average molecular weight is 616 g/mol. The summed E-state index contributed by atoms with van der Waals surface area (Å²) in [5.74, 6) is -2.65. The number of halogens is 2. The third kappa shape index (κ3) is 10.8. The molecule has 3 rings (SSSR count). The second kappa shape index (κ2) is 17.9. The van der Waals surface area contributed by atoms with Crippen molar-refractivity contribution >= 4 is 35.3 Å². The van der Waals surface area contributed by atoms with Gasteiger partial charge in [0.2, 0.25) is 5.91 Å². The third-order valence-corrected chi connectivity index (χ3v) is 8.24. The molecule has 1 amide bonds. The monoisotopic (exact) mass is 615 g/mol. The van der Waals surface area contributed by atoms with E-state index in [-0.39, 0.29) is 17.9 Å². The standard InChI is InChI=1S/C22H37N3O.C11H10ClFN2O2/c1-5-12-25(19(6-2)7-3)20-10-13-24(14-11-20)16-18-9-8-17(4)15-21(18)22(23)26;1-6-9(12)3-8(4-14-6)15-7(2)11(13)10(17)5-16/h8-9,15,19-20H,5-7,10-14,16H2,1-4H3,(H2,23,26);3-5,15H,1-2H3/b;11-7-. The van der Waals surface area contributed by atoms with Crippen LogP contribution in [0.25, 0.3) is 0 Å². The topological polar surface area (TPSA) is 109 Å². The second-order valence-corrected chi connectivity index (χ2v) is 11.5. The minimum absolute atomic E-state index is 0.0659. The van der Waals surface area contributed by atoms with Gasteiger partial charge >= 0.3 is 0 Å². The predicted octanol–water partition coefficient (Wildman–Crippen LogP) is 6.38. The van der Waals surface area contributed by atoms with E-state index in [2.05, 4.69) is 53.0 Å². The largest absolute Gasteiger partial charge is 0.366 e. The number of carbonyl (C=O) groups excluding carboxylic acids is 3. The normalized spacial score (nSPS) is 14.7. The van der Waals surface area contributed by atoms with Gasteiger partial charge in [-0.15, -0.1) is 0 Å². The van der Waals surface area contributed by atoms with Gasteiger partial charge in [0.15, 0.2) is 12.1 Å². The van der Waals surface area contributed by atoms with Crippen LogP contribution in [0, 0.1) is 13.8 Å². The van der Waals surface area contributed by atoms with Crippen molar-refractivity contribution in [2.24, 2.45) is 5.73 Å². The number of aryl methyl sites for hydroxylation is 2. The highest BCUT2D eigenvalue weighted by Gasteiger charge is 2.28. The fourth-order valence-corrected chi connectivity index (χ4v) is 5.64. The van der Waals surface area contributed by atoms with Crippen LogP contribution < -0.4 is 11.1 Å². The van der Waals surface area contributed by atoms with Crippen molar-refractivity contribution in [1.29, 1.82) is 0 Å². The quantitative estimate of drug-likeness (QED) is 0.153. The first-order chi connectivity index (χ1) is 20.4. The van der Waals surface area contributed by atoms with Gasteiger partial charge in [0, 0.05) is 24.2 Å². The summed E-state index contributed by atoms with van der Waals surface area (Å²) in [4.78, 5) is 41.9. The highest BCUT2D eigenvalue weighted by atomic mass is 35.5.